The maximum Gasteiger partial charge on any atom is 0.123 e. The highest BCUT2D eigenvalue weighted by Gasteiger charge is 2.38. The van der Waals surface area contributed by atoms with Crippen molar-refractivity contribution in [3.05, 3.63) is 30.1 Å². The Labute approximate surface area is 96.1 Å². The van der Waals surface area contributed by atoms with E-state index in [4.69, 9.17) is 0 Å². The molecule has 1 aromatic rings. The highest BCUT2D eigenvalue weighted by molar-refractivity contribution is 5.42. The van der Waals surface area contributed by atoms with Gasteiger partial charge in [-0.15, -0.1) is 0 Å². The quantitative estimate of drug-likeness (QED) is 0.817. The van der Waals surface area contributed by atoms with Crippen molar-refractivity contribution < 1.29 is 4.39 Å². The topological polar surface area (TPSA) is 12.0 Å². The van der Waals surface area contributed by atoms with Crippen molar-refractivity contribution in [3.63, 3.8) is 0 Å². The van der Waals surface area contributed by atoms with Crippen molar-refractivity contribution in [3.8, 4) is 0 Å². The van der Waals surface area contributed by atoms with Crippen LogP contribution in [0.15, 0.2) is 24.3 Å². The van der Waals surface area contributed by atoms with Gasteiger partial charge in [0.1, 0.15) is 5.82 Å². The normalized spacial score (nSPS) is 31.9. The van der Waals surface area contributed by atoms with E-state index < -0.39 is 0 Å². The summed E-state index contributed by atoms with van der Waals surface area (Å²) in [5.41, 5.74) is 1.05. The summed E-state index contributed by atoms with van der Waals surface area (Å²) in [6.07, 6.45) is 5.74. The van der Waals surface area contributed by atoms with Crippen LogP contribution in [0.5, 0.6) is 0 Å². The molecular formula is C14H18FN. The second-order valence-corrected chi connectivity index (χ2v) is 5.32. The van der Waals surface area contributed by atoms with Crippen LogP contribution in [0.3, 0.4) is 0 Å². The fourth-order valence-corrected chi connectivity index (χ4v) is 3.44. The summed E-state index contributed by atoms with van der Waals surface area (Å²) in [5, 5.41) is 3.43. The van der Waals surface area contributed by atoms with Gasteiger partial charge in [-0.25, -0.2) is 4.39 Å². The molecule has 0 amide bonds. The van der Waals surface area contributed by atoms with Gasteiger partial charge in [-0.2, -0.15) is 0 Å². The van der Waals surface area contributed by atoms with E-state index in [9.17, 15) is 4.39 Å². The fraction of sp³-hybridized carbons (Fsp3) is 0.571. The third-order valence-corrected chi connectivity index (χ3v) is 4.30. The molecule has 0 heterocycles. The van der Waals surface area contributed by atoms with Crippen molar-refractivity contribution >= 4 is 5.69 Å². The molecule has 2 heteroatoms. The van der Waals surface area contributed by atoms with Crippen LogP contribution in [0.1, 0.15) is 25.7 Å². The zero-order valence-corrected chi connectivity index (χ0v) is 9.45. The lowest BCUT2D eigenvalue weighted by molar-refractivity contribution is 0.348. The van der Waals surface area contributed by atoms with E-state index in [-0.39, 0.29) is 5.82 Å². The van der Waals surface area contributed by atoms with Crippen molar-refractivity contribution in [1.82, 2.24) is 0 Å². The van der Waals surface area contributed by atoms with Crippen LogP contribution in [0.25, 0.3) is 0 Å². The van der Waals surface area contributed by atoms with Crippen molar-refractivity contribution in [2.45, 2.75) is 25.7 Å². The van der Waals surface area contributed by atoms with E-state index in [2.05, 4.69) is 5.32 Å². The maximum absolute atomic E-state index is 12.7. The summed E-state index contributed by atoms with van der Waals surface area (Å²) in [6, 6.07) is 6.68. The molecule has 0 saturated heterocycles. The summed E-state index contributed by atoms with van der Waals surface area (Å²) in [6.45, 7) is 1.06. The van der Waals surface area contributed by atoms with E-state index >= 15 is 0 Å². The Kier molecular flexibility index (Phi) is 2.58. The highest BCUT2D eigenvalue weighted by atomic mass is 19.1. The van der Waals surface area contributed by atoms with Crippen molar-refractivity contribution in [1.29, 1.82) is 0 Å². The smallest absolute Gasteiger partial charge is 0.123 e. The average molecular weight is 219 g/mol. The van der Waals surface area contributed by atoms with Gasteiger partial charge in [0.15, 0.2) is 0 Å². The number of anilines is 1. The lowest BCUT2D eigenvalue weighted by Crippen LogP contribution is -2.20. The van der Waals surface area contributed by atoms with Crippen LogP contribution >= 0.6 is 0 Å². The molecule has 2 saturated carbocycles. The zero-order valence-electron chi connectivity index (χ0n) is 9.45. The number of rotatable bonds is 3. The monoisotopic (exact) mass is 219 g/mol. The van der Waals surface area contributed by atoms with E-state index in [1.165, 1.54) is 37.8 Å². The molecule has 1 nitrogen and oxygen atoms in total. The largest absolute Gasteiger partial charge is 0.385 e. The molecule has 0 radical (unpaired) electrons. The number of hydrogen-bond donors (Lipinski definition) is 1. The number of halogens is 1. The van der Waals surface area contributed by atoms with Gasteiger partial charge in [-0.3, -0.25) is 0 Å². The first kappa shape index (κ1) is 10.1. The Balaban J connectivity index is 1.55. The van der Waals surface area contributed by atoms with Gasteiger partial charge in [0.05, 0.1) is 0 Å². The second kappa shape index (κ2) is 4.08. The molecule has 1 N–H and O–H groups in total. The Bertz CT molecular complexity index is 360. The first-order valence-corrected chi connectivity index (χ1v) is 6.30. The summed E-state index contributed by atoms with van der Waals surface area (Å²) in [7, 11) is 0. The van der Waals surface area contributed by atoms with E-state index in [1.54, 1.807) is 0 Å². The van der Waals surface area contributed by atoms with Crippen LogP contribution < -0.4 is 5.32 Å². The van der Waals surface area contributed by atoms with Crippen LogP contribution in [-0.2, 0) is 0 Å². The van der Waals surface area contributed by atoms with Crippen LogP contribution in [0.2, 0.25) is 0 Å². The van der Waals surface area contributed by atoms with Gasteiger partial charge in [-0.05, 0) is 61.3 Å². The molecule has 16 heavy (non-hydrogen) atoms. The predicted molar refractivity (Wildman–Crippen MR) is 63.8 cm³/mol. The molecule has 2 fully saturated rings. The van der Waals surface area contributed by atoms with Crippen LogP contribution in [0, 0.1) is 23.6 Å². The van der Waals surface area contributed by atoms with Gasteiger partial charge in [0, 0.05) is 12.2 Å². The van der Waals surface area contributed by atoms with Gasteiger partial charge in [-0.1, -0.05) is 6.42 Å². The number of hydrogen-bond acceptors (Lipinski definition) is 1. The third kappa shape index (κ3) is 1.93. The standard InChI is InChI=1S/C14H18FN/c15-13-3-5-14(6-4-13)16-9-12-8-10-1-2-11(12)7-10/h3-6,10-12,16H,1-2,7-9H2. The summed E-state index contributed by atoms with van der Waals surface area (Å²) in [5.74, 6) is 2.65. The molecule has 2 aliphatic rings. The summed E-state index contributed by atoms with van der Waals surface area (Å²) < 4.78 is 12.7. The molecule has 0 aliphatic heterocycles. The molecule has 86 valence electrons. The molecule has 2 aliphatic carbocycles. The minimum atomic E-state index is -0.162. The first-order chi connectivity index (χ1) is 7.81. The molecule has 0 spiro atoms. The Hall–Kier alpha value is -1.05. The average Bonchev–Trinajstić information content (AvgIpc) is 2.90. The van der Waals surface area contributed by atoms with E-state index in [0.717, 1.165) is 30.0 Å². The molecule has 3 unspecified atom stereocenters. The van der Waals surface area contributed by atoms with Gasteiger partial charge < -0.3 is 5.32 Å². The van der Waals surface area contributed by atoms with E-state index in [0.29, 0.717) is 0 Å². The minimum absolute atomic E-state index is 0.162. The molecule has 2 bridgehead atoms. The number of nitrogens with one attached hydrogen (secondary N) is 1. The van der Waals surface area contributed by atoms with Crippen LogP contribution in [0.4, 0.5) is 10.1 Å². The molecule has 3 atom stereocenters. The summed E-state index contributed by atoms with van der Waals surface area (Å²) in [4.78, 5) is 0. The minimum Gasteiger partial charge on any atom is -0.385 e. The lowest BCUT2D eigenvalue weighted by atomic mass is 9.89. The highest BCUT2D eigenvalue weighted by Crippen LogP contribution is 2.48. The number of fused-ring (bicyclic) bond motifs is 2. The molecular weight excluding hydrogens is 201 g/mol. The Morgan fingerprint density at radius 1 is 1.12 bits per heavy atom. The van der Waals surface area contributed by atoms with E-state index in [1.807, 2.05) is 12.1 Å². The predicted octanol–water partition coefficient (Wildman–Crippen LogP) is 3.67. The van der Waals surface area contributed by atoms with Gasteiger partial charge in [0.2, 0.25) is 0 Å². The zero-order chi connectivity index (χ0) is 11.0. The lowest BCUT2D eigenvalue weighted by Gasteiger charge is -2.22. The van der Waals surface area contributed by atoms with Gasteiger partial charge >= 0.3 is 0 Å². The molecule has 1 aromatic carbocycles. The van der Waals surface area contributed by atoms with Gasteiger partial charge in [0.25, 0.3) is 0 Å². The first-order valence-electron chi connectivity index (χ1n) is 6.30. The molecule has 0 aromatic heterocycles. The number of benzene rings is 1. The summed E-state index contributed by atoms with van der Waals surface area (Å²) >= 11 is 0. The molecule has 3 rings (SSSR count). The third-order valence-electron chi connectivity index (χ3n) is 4.30. The maximum atomic E-state index is 12.7. The Morgan fingerprint density at radius 2 is 1.94 bits per heavy atom. The van der Waals surface area contributed by atoms with Crippen molar-refractivity contribution in [2.75, 3.05) is 11.9 Å². The Morgan fingerprint density at radius 3 is 2.56 bits per heavy atom. The second-order valence-electron chi connectivity index (χ2n) is 5.32. The van der Waals surface area contributed by atoms with Crippen LogP contribution in [-0.4, -0.2) is 6.54 Å². The SMILES string of the molecule is Fc1ccc(NCC2CC3CCC2C3)cc1. The fourth-order valence-electron chi connectivity index (χ4n) is 3.44. The van der Waals surface area contributed by atoms with Crippen molar-refractivity contribution in [2.24, 2.45) is 17.8 Å².